The fourth-order valence-corrected chi connectivity index (χ4v) is 4.56. The van der Waals surface area contributed by atoms with Gasteiger partial charge in [-0.2, -0.15) is 14.9 Å². The third kappa shape index (κ3) is 12.8. The van der Waals surface area contributed by atoms with Crippen molar-refractivity contribution in [3.63, 3.8) is 0 Å². The van der Waals surface area contributed by atoms with E-state index in [4.69, 9.17) is 14.2 Å². The van der Waals surface area contributed by atoms with Crippen LogP contribution in [-0.4, -0.2) is 65.0 Å². The normalized spacial score (nSPS) is 11.4. The van der Waals surface area contributed by atoms with Gasteiger partial charge in [-0.05, 0) is 120 Å². The van der Waals surface area contributed by atoms with Crippen LogP contribution >= 0.6 is 45.2 Å². The number of halogens is 2. The van der Waals surface area contributed by atoms with E-state index >= 15 is 0 Å². The third-order valence-electron chi connectivity index (χ3n) is 5.05. The molecule has 17 nitrogen and oxygen atoms in total. The first-order valence-electron chi connectivity index (χ1n) is 13.8. The monoisotopic (exact) mass is 896 g/mol. The van der Waals surface area contributed by atoms with E-state index in [2.05, 4.69) is 42.6 Å². The van der Waals surface area contributed by atoms with Gasteiger partial charge in [0.1, 0.15) is 29.7 Å². The van der Waals surface area contributed by atoms with Gasteiger partial charge in [0, 0.05) is 35.0 Å². The summed E-state index contributed by atoms with van der Waals surface area (Å²) in [5, 5.41) is 33.6. The lowest BCUT2D eigenvalue weighted by molar-refractivity contribution is -0.384. The van der Waals surface area contributed by atoms with Gasteiger partial charge in [-0.1, -0.05) is 0 Å². The minimum absolute atomic E-state index is 0.0652. The number of rotatable bonds is 2. The highest BCUT2D eigenvalue weighted by Crippen LogP contribution is 2.26. The Kier molecular flexibility index (Phi) is 13.2. The van der Waals surface area contributed by atoms with Gasteiger partial charge in [0.25, 0.3) is 11.4 Å². The zero-order valence-corrected chi connectivity index (χ0v) is 31.8. The highest BCUT2D eigenvalue weighted by atomic mass is 127. The molecule has 0 spiro atoms. The quantitative estimate of drug-likeness (QED) is 0.0500. The standard InChI is InChI=1S/C12H12IN3O4.C10H18O5.C7H4IN3O2/c1-12(2,3)20-11(17)15-9-6-7(16(18)19)4-5-8(9)10(13)14-15;1-9(2,3)14-7(11)13-8(12)15-10(4,5)6;8-7-5-2-1-4(11(12)13)3-6(5)9-10-7/h4-6H,1-3H3;1-6H3;1-3H,(H,9,10). The Labute approximate surface area is 301 Å². The van der Waals surface area contributed by atoms with Gasteiger partial charge in [-0.25, -0.2) is 14.4 Å². The molecule has 4 aromatic rings. The van der Waals surface area contributed by atoms with Crippen molar-refractivity contribution >= 4 is 96.8 Å². The fourth-order valence-electron chi connectivity index (χ4n) is 3.31. The van der Waals surface area contributed by atoms with Gasteiger partial charge in [0.05, 0.1) is 15.4 Å². The SMILES string of the molecule is CC(C)(C)OC(=O)OC(=O)OC(C)(C)C.CC(C)(C)OC(=O)n1nc(I)c2ccc([N+](=O)[O-])cc21.O=[N+]([O-])c1ccc2c(I)[nH]nc2c1. The third-order valence-corrected chi connectivity index (χ3v) is 6.66. The largest absolute Gasteiger partial charge is 0.519 e. The molecule has 0 aliphatic heterocycles. The van der Waals surface area contributed by atoms with E-state index in [0.29, 0.717) is 20.1 Å². The Morgan fingerprint density at radius 1 is 0.750 bits per heavy atom. The number of hydrogen-bond acceptors (Lipinski definition) is 13. The van der Waals surface area contributed by atoms with E-state index in [1.807, 2.05) is 22.6 Å². The summed E-state index contributed by atoms with van der Waals surface area (Å²) in [5.74, 6) is 0. The lowest BCUT2D eigenvalue weighted by atomic mass is 10.2. The predicted octanol–water partition coefficient (Wildman–Crippen LogP) is 8.28. The summed E-state index contributed by atoms with van der Waals surface area (Å²) in [7, 11) is 0. The van der Waals surface area contributed by atoms with Crippen LogP contribution in [0.3, 0.4) is 0 Å². The molecule has 0 saturated heterocycles. The number of hydrogen-bond donors (Lipinski definition) is 1. The number of carbonyl (C=O) groups is 3. The van der Waals surface area contributed by atoms with Gasteiger partial charge < -0.3 is 18.9 Å². The molecule has 0 atom stereocenters. The average Bonchev–Trinajstić information content (AvgIpc) is 3.45. The summed E-state index contributed by atoms with van der Waals surface area (Å²) in [5.41, 5.74) is -1.11. The maximum absolute atomic E-state index is 12.1. The molecule has 0 aliphatic carbocycles. The first-order valence-corrected chi connectivity index (χ1v) is 16.0. The number of benzene rings is 2. The molecular formula is C29H34I2N6O11. The lowest BCUT2D eigenvalue weighted by Crippen LogP contribution is -2.29. The van der Waals surface area contributed by atoms with Crippen molar-refractivity contribution in [2.75, 3.05) is 0 Å². The fraction of sp³-hybridized carbons (Fsp3) is 0.414. The molecule has 0 saturated carbocycles. The van der Waals surface area contributed by atoms with Crippen molar-refractivity contribution < 1.29 is 43.2 Å². The molecule has 2 aromatic heterocycles. The van der Waals surface area contributed by atoms with Crippen LogP contribution in [0.2, 0.25) is 0 Å². The minimum Gasteiger partial charge on any atom is -0.442 e. The van der Waals surface area contributed by atoms with Gasteiger partial charge in [-0.15, -0.1) is 0 Å². The molecule has 4 rings (SSSR count). The second kappa shape index (κ2) is 15.8. The van der Waals surface area contributed by atoms with E-state index in [1.165, 1.54) is 24.3 Å². The molecule has 0 unspecified atom stereocenters. The van der Waals surface area contributed by atoms with E-state index < -0.39 is 45.1 Å². The molecule has 0 bridgehead atoms. The summed E-state index contributed by atoms with van der Waals surface area (Å²) < 4.78 is 21.6. The number of nitro groups is 2. The lowest BCUT2D eigenvalue weighted by Gasteiger charge is -2.20. The predicted molar refractivity (Wildman–Crippen MR) is 190 cm³/mol. The van der Waals surface area contributed by atoms with Crippen LogP contribution in [0.1, 0.15) is 62.3 Å². The Morgan fingerprint density at radius 2 is 1.21 bits per heavy atom. The smallest absolute Gasteiger partial charge is 0.442 e. The number of aromatic nitrogens is 4. The Bertz CT molecular complexity index is 1810. The second-order valence-corrected chi connectivity index (χ2v) is 14.8. The number of non-ortho nitro benzene ring substituents is 2. The van der Waals surface area contributed by atoms with Crippen molar-refractivity contribution in [3.05, 3.63) is 64.0 Å². The van der Waals surface area contributed by atoms with Crippen LogP contribution in [0.15, 0.2) is 36.4 Å². The number of H-pyrrole nitrogens is 1. The number of carbonyl (C=O) groups excluding carboxylic acids is 3. The number of ether oxygens (including phenoxy) is 4. The van der Waals surface area contributed by atoms with Gasteiger partial charge in [0.2, 0.25) is 0 Å². The molecule has 1 N–H and O–H groups in total. The van der Waals surface area contributed by atoms with Gasteiger partial charge in [0.15, 0.2) is 0 Å². The van der Waals surface area contributed by atoms with Crippen molar-refractivity contribution in [3.8, 4) is 0 Å². The van der Waals surface area contributed by atoms with Crippen molar-refractivity contribution in [2.24, 2.45) is 0 Å². The van der Waals surface area contributed by atoms with E-state index in [-0.39, 0.29) is 11.4 Å². The minimum atomic E-state index is -1.06. The van der Waals surface area contributed by atoms with Crippen LogP contribution in [0.5, 0.6) is 0 Å². The molecule has 260 valence electrons. The number of aromatic amines is 1. The average molecular weight is 896 g/mol. The number of nitro benzene ring substituents is 2. The summed E-state index contributed by atoms with van der Waals surface area (Å²) >= 11 is 4.06. The molecular weight excluding hydrogens is 862 g/mol. The van der Waals surface area contributed by atoms with Crippen LogP contribution in [-0.2, 0) is 18.9 Å². The number of nitrogens with zero attached hydrogens (tertiary/aromatic N) is 5. The summed E-state index contributed by atoms with van der Waals surface area (Å²) in [6.07, 6.45) is -2.78. The van der Waals surface area contributed by atoms with Gasteiger partial charge in [-0.3, -0.25) is 25.3 Å². The maximum Gasteiger partial charge on any atom is 0.519 e. The summed E-state index contributed by atoms with van der Waals surface area (Å²) in [6, 6.07) is 8.88. The van der Waals surface area contributed by atoms with Crippen molar-refractivity contribution in [1.29, 1.82) is 0 Å². The summed E-state index contributed by atoms with van der Waals surface area (Å²) in [4.78, 5) is 54.4. The zero-order chi connectivity index (χ0) is 36.8. The highest BCUT2D eigenvalue weighted by molar-refractivity contribution is 14.1. The molecule has 2 heterocycles. The van der Waals surface area contributed by atoms with Gasteiger partial charge >= 0.3 is 18.4 Å². The highest BCUT2D eigenvalue weighted by Gasteiger charge is 2.25. The first-order chi connectivity index (χ1) is 21.9. The van der Waals surface area contributed by atoms with Crippen LogP contribution in [0, 0.1) is 27.6 Å². The molecule has 19 heteroatoms. The zero-order valence-electron chi connectivity index (χ0n) is 27.4. The van der Waals surface area contributed by atoms with Crippen LogP contribution in [0.4, 0.5) is 25.8 Å². The number of fused-ring (bicyclic) bond motifs is 2. The Hall–Kier alpha value is -4.15. The van der Waals surface area contributed by atoms with Crippen LogP contribution in [0.25, 0.3) is 21.8 Å². The maximum atomic E-state index is 12.1. The van der Waals surface area contributed by atoms with E-state index in [0.717, 1.165) is 13.8 Å². The Balaban J connectivity index is 0.000000257. The molecule has 0 fully saturated rings. The second-order valence-electron chi connectivity index (χ2n) is 12.7. The molecule has 0 amide bonds. The van der Waals surface area contributed by atoms with E-state index in [1.54, 1.807) is 74.4 Å². The Morgan fingerprint density at radius 3 is 1.67 bits per heavy atom. The topological polar surface area (TPSA) is 221 Å². The first kappa shape index (κ1) is 40.0. The van der Waals surface area contributed by atoms with Crippen molar-refractivity contribution in [2.45, 2.75) is 79.1 Å². The van der Waals surface area contributed by atoms with Crippen molar-refractivity contribution in [1.82, 2.24) is 20.0 Å². The van der Waals surface area contributed by atoms with E-state index in [9.17, 15) is 34.6 Å². The summed E-state index contributed by atoms with van der Waals surface area (Å²) in [6.45, 7) is 15.2. The molecule has 0 aliphatic rings. The van der Waals surface area contributed by atoms with Crippen LogP contribution < -0.4 is 0 Å². The molecule has 0 radical (unpaired) electrons. The molecule has 2 aromatic carbocycles. The number of nitrogens with one attached hydrogen (secondary N) is 1. The molecule has 48 heavy (non-hydrogen) atoms.